The van der Waals surface area contributed by atoms with Gasteiger partial charge < -0.3 is 10.6 Å². The van der Waals surface area contributed by atoms with E-state index in [0.29, 0.717) is 12.8 Å². The summed E-state index contributed by atoms with van der Waals surface area (Å²) in [6.45, 7) is 2.81. The van der Waals surface area contributed by atoms with E-state index in [-0.39, 0.29) is 23.5 Å². The van der Waals surface area contributed by atoms with Crippen molar-refractivity contribution < 1.29 is 13.2 Å². The zero-order chi connectivity index (χ0) is 13.2. The highest BCUT2D eigenvalue weighted by molar-refractivity contribution is 7.91. The molecule has 0 spiro atoms. The van der Waals surface area contributed by atoms with Gasteiger partial charge in [0.05, 0.1) is 17.0 Å². The number of carbonyl (C=O) groups excluding carboxylic acids is 1. The molecule has 2 N–H and O–H groups in total. The second-order valence-electron chi connectivity index (χ2n) is 5.62. The molecular formula is C12H22N2O3S. The van der Waals surface area contributed by atoms with Gasteiger partial charge >= 0.3 is 0 Å². The molecule has 2 fully saturated rings. The Kier molecular flexibility index (Phi) is 3.96. The molecule has 0 aliphatic carbocycles. The van der Waals surface area contributed by atoms with Crippen molar-refractivity contribution in [2.45, 2.75) is 50.6 Å². The molecule has 2 rings (SSSR count). The van der Waals surface area contributed by atoms with Crippen LogP contribution in [0.3, 0.4) is 0 Å². The van der Waals surface area contributed by atoms with E-state index in [2.05, 4.69) is 10.6 Å². The number of nitrogens with one attached hydrogen (secondary N) is 2. The number of hydrogen-bond acceptors (Lipinski definition) is 4. The standard InChI is InChI=1S/C12H22N2O3S/c1-12(6-2-3-7-13-12)11(15)14-10-4-8-18(16,17)9-5-10/h10,13H,2-9H2,1H3,(H,14,15). The molecule has 2 heterocycles. The van der Waals surface area contributed by atoms with Gasteiger partial charge in [0.25, 0.3) is 0 Å². The van der Waals surface area contributed by atoms with Crippen LogP contribution >= 0.6 is 0 Å². The Labute approximate surface area is 109 Å². The number of carbonyl (C=O) groups is 1. The van der Waals surface area contributed by atoms with Crippen LogP contribution < -0.4 is 10.6 Å². The fourth-order valence-corrected chi connectivity index (χ4v) is 4.12. The summed E-state index contributed by atoms with van der Waals surface area (Å²) in [5.41, 5.74) is -0.478. The normalized spacial score (nSPS) is 32.9. The van der Waals surface area contributed by atoms with Crippen LogP contribution in [0.25, 0.3) is 0 Å². The first-order valence-corrected chi connectivity index (χ1v) is 8.50. The highest BCUT2D eigenvalue weighted by atomic mass is 32.2. The summed E-state index contributed by atoms with van der Waals surface area (Å²) in [5.74, 6) is 0.413. The molecule has 18 heavy (non-hydrogen) atoms. The Morgan fingerprint density at radius 3 is 2.50 bits per heavy atom. The third kappa shape index (κ3) is 3.23. The Bertz CT molecular complexity index is 399. The van der Waals surface area contributed by atoms with Crippen molar-refractivity contribution in [3.63, 3.8) is 0 Å². The van der Waals surface area contributed by atoms with Crippen molar-refractivity contribution in [1.82, 2.24) is 10.6 Å². The zero-order valence-electron chi connectivity index (χ0n) is 10.9. The third-order valence-electron chi connectivity index (χ3n) is 4.01. The Morgan fingerprint density at radius 1 is 1.28 bits per heavy atom. The van der Waals surface area contributed by atoms with Gasteiger partial charge in [-0.15, -0.1) is 0 Å². The smallest absolute Gasteiger partial charge is 0.240 e. The van der Waals surface area contributed by atoms with Gasteiger partial charge in [-0.2, -0.15) is 0 Å². The van der Waals surface area contributed by atoms with E-state index >= 15 is 0 Å². The molecule has 0 aromatic heterocycles. The molecular weight excluding hydrogens is 252 g/mol. The average Bonchev–Trinajstić information content (AvgIpc) is 2.33. The van der Waals surface area contributed by atoms with Crippen molar-refractivity contribution in [2.75, 3.05) is 18.1 Å². The molecule has 2 aliphatic rings. The van der Waals surface area contributed by atoms with Crippen LogP contribution in [0.1, 0.15) is 39.0 Å². The number of amides is 1. The van der Waals surface area contributed by atoms with Crippen LogP contribution in [0.2, 0.25) is 0 Å². The lowest BCUT2D eigenvalue weighted by atomic mass is 9.89. The molecule has 0 aromatic carbocycles. The molecule has 0 aromatic rings. The molecule has 2 aliphatic heterocycles. The molecule has 104 valence electrons. The van der Waals surface area contributed by atoms with Crippen LogP contribution in [-0.2, 0) is 14.6 Å². The molecule has 2 saturated heterocycles. The predicted octanol–water partition coefficient (Wildman–Crippen LogP) is 0.212. The largest absolute Gasteiger partial charge is 0.352 e. The summed E-state index contributed by atoms with van der Waals surface area (Å²) < 4.78 is 22.6. The van der Waals surface area contributed by atoms with Crippen molar-refractivity contribution >= 4 is 15.7 Å². The van der Waals surface area contributed by atoms with E-state index in [1.165, 1.54) is 0 Å². The number of rotatable bonds is 2. The molecule has 5 nitrogen and oxygen atoms in total. The van der Waals surface area contributed by atoms with Crippen LogP contribution in [-0.4, -0.2) is 44.0 Å². The maximum Gasteiger partial charge on any atom is 0.240 e. The second-order valence-corrected chi connectivity index (χ2v) is 7.92. The quantitative estimate of drug-likeness (QED) is 0.755. The lowest BCUT2D eigenvalue weighted by Gasteiger charge is -2.35. The summed E-state index contributed by atoms with van der Waals surface area (Å²) in [4.78, 5) is 12.2. The SMILES string of the molecule is CC1(C(=O)NC2CCS(=O)(=O)CC2)CCCCN1. The molecule has 0 radical (unpaired) electrons. The van der Waals surface area contributed by atoms with Crippen LogP contribution in [0.4, 0.5) is 0 Å². The first kappa shape index (κ1) is 13.8. The molecule has 0 saturated carbocycles. The molecule has 1 amide bonds. The molecule has 1 unspecified atom stereocenters. The summed E-state index contributed by atoms with van der Waals surface area (Å²) >= 11 is 0. The lowest BCUT2D eigenvalue weighted by Crippen LogP contribution is -2.59. The van der Waals surface area contributed by atoms with Crippen molar-refractivity contribution in [3.05, 3.63) is 0 Å². The highest BCUT2D eigenvalue weighted by Crippen LogP contribution is 2.20. The molecule has 6 heteroatoms. The van der Waals surface area contributed by atoms with Gasteiger partial charge in [-0.3, -0.25) is 4.79 Å². The summed E-state index contributed by atoms with van der Waals surface area (Å²) in [5, 5.41) is 6.27. The number of hydrogen-bond donors (Lipinski definition) is 2. The van der Waals surface area contributed by atoms with Crippen molar-refractivity contribution in [3.8, 4) is 0 Å². The summed E-state index contributed by atoms with van der Waals surface area (Å²) in [6, 6.07) is 0.0153. The van der Waals surface area contributed by atoms with Crippen LogP contribution in [0.5, 0.6) is 0 Å². The fourth-order valence-electron chi connectivity index (χ4n) is 2.63. The van der Waals surface area contributed by atoms with E-state index in [9.17, 15) is 13.2 Å². The van der Waals surface area contributed by atoms with Gasteiger partial charge in [0.15, 0.2) is 0 Å². The summed E-state index contributed by atoms with van der Waals surface area (Å²) in [6.07, 6.45) is 4.12. The fraction of sp³-hybridized carbons (Fsp3) is 0.917. The predicted molar refractivity (Wildman–Crippen MR) is 70.1 cm³/mol. The van der Waals surface area contributed by atoms with E-state index in [4.69, 9.17) is 0 Å². The number of piperidine rings is 1. The average molecular weight is 274 g/mol. The Morgan fingerprint density at radius 2 is 1.94 bits per heavy atom. The Balaban J connectivity index is 1.88. The first-order valence-electron chi connectivity index (χ1n) is 6.68. The third-order valence-corrected chi connectivity index (χ3v) is 5.73. The van der Waals surface area contributed by atoms with Crippen LogP contribution in [0, 0.1) is 0 Å². The van der Waals surface area contributed by atoms with Crippen molar-refractivity contribution in [2.24, 2.45) is 0 Å². The lowest BCUT2D eigenvalue weighted by molar-refractivity contribution is -0.128. The van der Waals surface area contributed by atoms with E-state index < -0.39 is 15.4 Å². The summed E-state index contributed by atoms with van der Waals surface area (Å²) in [7, 11) is -2.86. The molecule has 1 atom stereocenters. The van der Waals surface area contributed by atoms with Gasteiger partial charge in [-0.25, -0.2) is 8.42 Å². The number of sulfone groups is 1. The second kappa shape index (κ2) is 5.17. The first-order chi connectivity index (χ1) is 8.41. The Hall–Kier alpha value is -0.620. The minimum Gasteiger partial charge on any atom is -0.352 e. The zero-order valence-corrected chi connectivity index (χ0v) is 11.7. The minimum absolute atomic E-state index is 0.0153. The monoisotopic (exact) mass is 274 g/mol. The van der Waals surface area contributed by atoms with Crippen molar-refractivity contribution in [1.29, 1.82) is 0 Å². The van der Waals surface area contributed by atoms with E-state index in [0.717, 1.165) is 25.8 Å². The van der Waals surface area contributed by atoms with Gasteiger partial charge in [0.1, 0.15) is 9.84 Å². The van der Waals surface area contributed by atoms with Gasteiger partial charge in [-0.1, -0.05) is 0 Å². The maximum absolute atomic E-state index is 12.2. The molecule has 0 bridgehead atoms. The van der Waals surface area contributed by atoms with E-state index in [1.807, 2.05) is 6.92 Å². The van der Waals surface area contributed by atoms with Gasteiger partial charge in [0.2, 0.25) is 5.91 Å². The highest BCUT2D eigenvalue weighted by Gasteiger charge is 2.36. The maximum atomic E-state index is 12.2. The van der Waals surface area contributed by atoms with Gasteiger partial charge in [0, 0.05) is 6.04 Å². The van der Waals surface area contributed by atoms with Crippen LogP contribution in [0.15, 0.2) is 0 Å². The topological polar surface area (TPSA) is 75.3 Å². The van der Waals surface area contributed by atoms with Gasteiger partial charge in [-0.05, 0) is 45.6 Å². The minimum atomic E-state index is -2.86. The van der Waals surface area contributed by atoms with E-state index in [1.54, 1.807) is 0 Å².